The average Bonchev–Trinajstić information content (AvgIpc) is 3.02. The minimum absolute atomic E-state index is 0.0926. The Hall–Kier alpha value is -1.94. The first kappa shape index (κ1) is 21.8. The quantitative estimate of drug-likeness (QED) is 0.714. The maximum absolute atomic E-state index is 12.9. The molecule has 0 saturated heterocycles. The highest BCUT2D eigenvalue weighted by atomic mass is 79.9. The lowest BCUT2D eigenvalue weighted by Crippen LogP contribution is -2.35. The number of fused-ring (bicyclic) bond motifs is 1. The average molecular weight is 475 g/mol. The van der Waals surface area contributed by atoms with Crippen LogP contribution in [-0.2, 0) is 12.0 Å². The minimum atomic E-state index is -4.29. The second-order valence-electron chi connectivity index (χ2n) is 8.16. The molecule has 6 nitrogen and oxygen atoms in total. The Morgan fingerprint density at radius 3 is 2.69 bits per heavy atom. The van der Waals surface area contributed by atoms with Crippen molar-refractivity contribution in [2.75, 3.05) is 13.1 Å². The Kier molecular flexibility index (Phi) is 6.05. The van der Waals surface area contributed by atoms with Crippen molar-refractivity contribution in [2.45, 2.75) is 51.4 Å². The summed E-state index contributed by atoms with van der Waals surface area (Å²) in [5, 5.41) is 6.59. The molecule has 0 aliphatic carbocycles. The fourth-order valence-electron chi connectivity index (χ4n) is 3.22. The maximum atomic E-state index is 12.9. The maximum Gasteiger partial charge on any atom is 0.401 e. The highest BCUT2D eigenvalue weighted by Gasteiger charge is 2.34. The zero-order valence-electron chi connectivity index (χ0n) is 16.3. The van der Waals surface area contributed by atoms with Gasteiger partial charge in [-0.15, -0.1) is 0 Å². The molecule has 29 heavy (non-hydrogen) atoms. The summed E-state index contributed by atoms with van der Waals surface area (Å²) in [5.41, 5.74) is 1.12. The van der Waals surface area contributed by atoms with E-state index in [2.05, 4.69) is 31.4 Å². The highest BCUT2D eigenvalue weighted by molar-refractivity contribution is 9.10. The van der Waals surface area contributed by atoms with Crippen LogP contribution in [0.4, 0.5) is 13.2 Å². The molecule has 1 amide bonds. The van der Waals surface area contributed by atoms with E-state index < -0.39 is 30.1 Å². The van der Waals surface area contributed by atoms with Crippen LogP contribution in [0.3, 0.4) is 0 Å². The monoisotopic (exact) mass is 474 g/mol. The number of nitrogens with zero attached hydrogens (tertiary/aromatic N) is 3. The van der Waals surface area contributed by atoms with Crippen molar-refractivity contribution in [3.8, 4) is 0 Å². The van der Waals surface area contributed by atoms with Crippen LogP contribution < -0.4 is 5.32 Å². The third-order valence-corrected chi connectivity index (χ3v) is 5.08. The number of carbonyl (C=O) groups is 1. The third kappa shape index (κ3) is 5.57. The van der Waals surface area contributed by atoms with Crippen molar-refractivity contribution < 1.29 is 22.5 Å². The molecule has 1 N–H and O–H groups in total. The molecule has 1 unspecified atom stereocenters. The van der Waals surface area contributed by atoms with Gasteiger partial charge in [0.25, 0.3) is 11.7 Å². The lowest BCUT2D eigenvalue weighted by Gasteiger charge is -2.22. The fourth-order valence-corrected chi connectivity index (χ4v) is 3.63. The Bertz CT molecular complexity index is 892. The van der Waals surface area contributed by atoms with E-state index in [1.807, 2.05) is 32.9 Å². The topological polar surface area (TPSA) is 71.3 Å². The SMILES string of the molecule is CC(C)(C)c1nc(C(=O)NC2CCN(CC(F)(F)F)Cc3cc(Br)ccc32)no1. The summed E-state index contributed by atoms with van der Waals surface area (Å²) in [6, 6.07) is 4.96. The van der Waals surface area contributed by atoms with Crippen LogP contribution in [0.1, 0.15) is 60.9 Å². The molecular weight excluding hydrogens is 453 g/mol. The molecule has 2 heterocycles. The molecule has 158 valence electrons. The van der Waals surface area contributed by atoms with Crippen molar-refractivity contribution in [1.29, 1.82) is 0 Å². The van der Waals surface area contributed by atoms with Gasteiger partial charge in [0, 0.05) is 23.0 Å². The van der Waals surface area contributed by atoms with Gasteiger partial charge in [0.05, 0.1) is 12.6 Å². The molecule has 1 aliphatic rings. The number of benzene rings is 1. The van der Waals surface area contributed by atoms with Gasteiger partial charge in [-0.1, -0.05) is 47.9 Å². The van der Waals surface area contributed by atoms with Gasteiger partial charge in [0.15, 0.2) is 0 Å². The zero-order chi connectivity index (χ0) is 21.4. The molecule has 0 fully saturated rings. The van der Waals surface area contributed by atoms with Gasteiger partial charge in [-0.25, -0.2) is 0 Å². The minimum Gasteiger partial charge on any atom is -0.342 e. The molecule has 1 aromatic heterocycles. The molecule has 0 spiro atoms. The molecule has 0 saturated carbocycles. The molecule has 3 rings (SSSR count). The molecule has 1 aliphatic heterocycles. The second-order valence-corrected chi connectivity index (χ2v) is 9.07. The number of aromatic nitrogens is 2. The first-order valence-corrected chi connectivity index (χ1v) is 9.94. The van der Waals surface area contributed by atoms with Crippen molar-refractivity contribution >= 4 is 21.8 Å². The Labute approximate surface area is 175 Å². The largest absolute Gasteiger partial charge is 0.401 e. The fraction of sp³-hybridized carbons (Fsp3) is 0.526. The summed E-state index contributed by atoms with van der Waals surface area (Å²) >= 11 is 3.37. The van der Waals surface area contributed by atoms with E-state index in [0.717, 1.165) is 15.6 Å². The van der Waals surface area contributed by atoms with Gasteiger partial charge >= 0.3 is 6.18 Å². The number of hydrogen-bond donors (Lipinski definition) is 1. The number of hydrogen-bond acceptors (Lipinski definition) is 5. The number of nitrogens with one attached hydrogen (secondary N) is 1. The first-order valence-electron chi connectivity index (χ1n) is 9.15. The lowest BCUT2D eigenvalue weighted by atomic mass is 9.97. The van der Waals surface area contributed by atoms with E-state index in [0.29, 0.717) is 12.3 Å². The van der Waals surface area contributed by atoms with Crippen LogP contribution in [0.15, 0.2) is 27.2 Å². The Balaban J connectivity index is 1.82. The summed E-state index contributed by atoms with van der Waals surface area (Å²) in [6.45, 7) is 5.00. The highest BCUT2D eigenvalue weighted by Crippen LogP contribution is 2.31. The number of carbonyl (C=O) groups excluding carboxylic acids is 1. The van der Waals surface area contributed by atoms with Gasteiger partial charge in [-0.05, 0) is 29.7 Å². The zero-order valence-corrected chi connectivity index (χ0v) is 17.9. The van der Waals surface area contributed by atoms with Crippen LogP contribution in [0.5, 0.6) is 0 Å². The van der Waals surface area contributed by atoms with Crippen molar-refractivity contribution in [3.05, 3.63) is 45.5 Å². The Morgan fingerprint density at radius 1 is 1.34 bits per heavy atom. The van der Waals surface area contributed by atoms with Gasteiger partial charge in [0.1, 0.15) is 0 Å². The van der Waals surface area contributed by atoms with E-state index >= 15 is 0 Å². The molecule has 10 heteroatoms. The van der Waals surface area contributed by atoms with Crippen LogP contribution in [0, 0.1) is 0 Å². The van der Waals surface area contributed by atoms with Crippen LogP contribution in [-0.4, -0.2) is 40.2 Å². The van der Waals surface area contributed by atoms with Crippen molar-refractivity contribution in [1.82, 2.24) is 20.4 Å². The predicted octanol–water partition coefficient (Wildman–Crippen LogP) is 4.37. The van der Waals surface area contributed by atoms with Crippen LogP contribution in [0.25, 0.3) is 0 Å². The Morgan fingerprint density at radius 2 is 2.07 bits per heavy atom. The number of halogens is 4. The van der Waals surface area contributed by atoms with Crippen LogP contribution in [0.2, 0.25) is 0 Å². The van der Waals surface area contributed by atoms with Gasteiger partial charge in [-0.2, -0.15) is 18.2 Å². The molecular formula is C19H22BrF3N4O2. The van der Waals surface area contributed by atoms with E-state index in [1.165, 1.54) is 4.90 Å². The first-order chi connectivity index (χ1) is 13.4. The van der Waals surface area contributed by atoms with Gasteiger partial charge in [0.2, 0.25) is 5.89 Å². The summed E-state index contributed by atoms with van der Waals surface area (Å²) in [7, 11) is 0. The molecule has 0 bridgehead atoms. The smallest absolute Gasteiger partial charge is 0.342 e. The van der Waals surface area contributed by atoms with Gasteiger partial charge < -0.3 is 9.84 Å². The van der Waals surface area contributed by atoms with E-state index in [4.69, 9.17) is 4.52 Å². The molecule has 2 aromatic rings. The van der Waals surface area contributed by atoms with Crippen LogP contribution >= 0.6 is 15.9 Å². The van der Waals surface area contributed by atoms with E-state index in [-0.39, 0.29) is 18.9 Å². The molecule has 1 atom stereocenters. The van der Waals surface area contributed by atoms with E-state index in [1.54, 1.807) is 6.07 Å². The summed E-state index contributed by atoms with van der Waals surface area (Å²) in [5.74, 6) is -0.276. The molecule has 0 radical (unpaired) electrons. The number of amides is 1. The van der Waals surface area contributed by atoms with Crippen molar-refractivity contribution in [2.24, 2.45) is 0 Å². The number of alkyl halides is 3. The summed E-state index contributed by atoms with van der Waals surface area (Å²) in [6.07, 6.45) is -3.95. The molecule has 1 aromatic carbocycles. The summed E-state index contributed by atoms with van der Waals surface area (Å²) < 4.78 is 44.6. The standard InChI is InChI=1S/C19H22BrF3N4O2/c1-18(2,3)17-25-15(26-29-17)16(28)24-14-6-7-27(10-19(21,22)23)9-11-8-12(20)4-5-13(11)14/h4-5,8,14H,6-7,9-10H2,1-3H3,(H,24,28). The predicted molar refractivity (Wildman–Crippen MR) is 103 cm³/mol. The van der Waals surface area contributed by atoms with Crippen molar-refractivity contribution in [3.63, 3.8) is 0 Å². The second kappa shape index (κ2) is 8.06. The third-order valence-electron chi connectivity index (χ3n) is 4.59. The number of rotatable bonds is 3. The normalized spacial score (nSPS) is 18.2. The lowest BCUT2D eigenvalue weighted by molar-refractivity contribution is -0.147. The van der Waals surface area contributed by atoms with Gasteiger partial charge in [-0.3, -0.25) is 9.69 Å². The van der Waals surface area contributed by atoms with E-state index in [9.17, 15) is 18.0 Å². The summed E-state index contributed by atoms with van der Waals surface area (Å²) in [4.78, 5) is 18.1.